The molecule has 3 aromatic rings. The van der Waals surface area contributed by atoms with Gasteiger partial charge in [0.25, 0.3) is 0 Å². The van der Waals surface area contributed by atoms with Crippen molar-refractivity contribution < 1.29 is 24.1 Å². The van der Waals surface area contributed by atoms with E-state index in [9.17, 15) is 9.90 Å². The van der Waals surface area contributed by atoms with Crippen LogP contribution in [0, 0.1) is 0 Å². The SMILES string of the molecule is O=C1O[C@H]([C@@H](O)Cn2cc(CCCCl)nn2)C(OCc2ccccc2)=C1OCc1ccccc1. The smallest absolute Gasteiger partial charge is 0.378 e. The number of aromatic nitrogens is 3. The van der Waals surface area contributed by atoms with Crippen molar-refractivity contribution in [3.8, 4) is 0 Å². The molecule has 0 amide bonds. The third kappa shape index (κ3) is 6.15. The maximum absolute atomic E-state index is 12.7. The largest absolute Gasteiger partial charge is 0.485 e. The van der Waals surface area contributed by atoms with Crippen LogP contribution in [0.2, 0.25) is 0 Å². The second kappa shape index (κ2) is 11.7. The van der Waals surface area contributed by atoms with Crippen molar-refractivity contribution in [2.24, 2.45) is 0 Å². The number of aryl methyl sites for hydroxylation is 1. The summed E-state index contributed by atoms with van der Waals surface area (Å²) < 4.78 is 18.8. The molecule has 2 atom stereocenters. The fourth-order valence-corrected chi connectivity index (χ4v) is 3.66. The Morgan fingerprint density at radius 1 is 1.03 bits per heavy atom. The Morgan fingerprint density at radius 3 is 2.32 bits per heavy atom. The highest BCUT2D eigenvalue weighted by atomic mass is 35.5. The van der Waals surface area contributed by atoms with E-state index in [1.807, 2.05) is 60.7 Å². The zero-order chi connectivity index (χ0) is 23.8. The number of carbonyl (C=O) groups excluding carboxylic acids is 1. The second-order valence-electron chi connectivity index (χ2n) is 7.86. The van der Waals surface area contributed by atoms with E-state index in [1.54, 1.807) is 6.20 Å². The zero-order valence-electron chi connectivity index (χ0n) is 18.5. The average Bonchev–Trinajstić information content (AvgIpc) is 3.44. The molecule has 0 unspecified atom stereocenters. The highest BCUT2D eigenvalue weighted by Gasteiger charge is 2.42. The number of hydrogen-bond acceptors (Lipinski definition) is 7. The van der Waals surface area contributed by atoms with E-state index in [4.69, 9.17) is 25.8 Å². The fraction of sp³-hybridized carbons (Fsp3) is 0.320. The van der Waals surface area contributed by atoms with E-state index in [0.717, 1.165) is 23.2 Å². The van der Waals surface area contributed by atoms with Gasteiger partial charge in [-0.15, -0.1) is 16.7 Å². The van der Waals surface area contributed by atoms with E-state index < -0.39 is 18.2 Å². The summed E-state index contributed by atoms with van der Waals surface area (Å²) in [5.74, 6) is -0.0129. The third-order valence-electron chi connectivity index (χ3n) is 5.24. The van der Waals surface area contributed by atoms with Gasteiger partial charge >= 0.3 is 5.97 Å². The molecular formula is C25H26ClN3O5. The lowest BCUT2D eigenvalue weighted by molar-refractivity contribution is -0.148. The molecule has 1 aromatic heterocycles. The van der Waals surface area contributed by atoms with E-state index >= 15 is 0 Å². The predicted octanol–water partition coefficient (Wildman–Crippen LogP) is 3.38. The molecule has 0 saturated heterocycles. The van der Waals surface area contributed by atoms with E-state index in [1.165, 1.54) is 4.68 Å². The summed E-state index contributed by atoms with van der Waals surface area (Å²) in [5, 5.41) is 19.1. The van der Waals surface area contributed by atoms with Crippen LogP contribution in [0.5, 0.6) is 0 Å². The average molecular weight is 484 g/mol. The first-order valence-corrected chi connectivity index (χ1v) is 11.6. The number of halogens is 1. The van der Waals surface area contributed by atoms with Crippen LogP contribution >= 0.6 is 11.6 Å². The minimum atomic E-state index is -1.12. The van der Waals surface area contributed by atoms with Crippen LogP contribution in [0.25, 0.3) is 0 Å². The predicted molar refractivity (Wildman–Crippen MR) is 124 cm³/mol. The normalized spacial score (nSPS) is 16.4. The number of alkyl halides is 1. The molecule has 2 heterocycles. The van der Waals surface area contributed by atoms with E-state index in [-0.39, 0.29) is 31.3 Å². The van der Waals surface area contributed by atoms with Gasteiger partial charge in [-0.1, -0.05) is 65.9 Å². The Balaban J connectivity index is 1.50. The maximum atomic E-state index is 12.7. The van der Waals surface area contributed by atoms with Gasteiger partial charge in [-0.05, 0) is 24.0 Å². The Bertz CT molecular complexity index is 1100. The molecule has 9 heteroatoms. The van der Waals surface area contributed by atoms with Crippen molar-refractivity contribution in [2.75, 3.05) is 5.88 Å². The fourth-order valence-electron chi connectivity index (χ4n) is 3.53. The summed E-state index contributed by atoms with van der Waals surface area (Å²) in [5.41, 5.74) is 2.57. The summed E-state index contributed by atoms with van der Waals surface area (Å²) in [4.78, 5) is 12.7. The molecule has 34 heavy (non-hydrogen) atoms. The number of carbonyl (C=O) groups is 1. The maximum Gasteiger partial charge on any atom is 0.378 e. The number of hydrogen-bond donors (Lipinski definition) is 1. The quantitative estimate of drug-likeness (QED) is 0.311. The van der Waals surface area contributed by atoms with Gasteiger partial charge in [0.1, 0.15) is 19.3 Å². The molecule has 8 nitrogen and oxygen atoms in total. The van der Waals surface area contributed by atoms with Gasteiger partial charge in [0.05, 0.1) is 12.2 Å². The number of aliphatic hydroxyl groups excluding tert-OH is 1. The first-order chi connectivity index (χ1) is 16.6. The summed E-state index contributed by atoms with van der Waals surface area (Å²) in [6.45, 7) is 0.426. The minimum Gasteiger partial charge on any atom is -0.485 e. The van der Waals surface area contributed by atoms with Crippen LogP contribution in [0.15, 0.2) is 78.4 Å². The van der Waals surface area contributed by atoms with Crippen molar-refractivity contribution in [3.05, 3.63) is 95.2 Å². The Labute approximate surface area is 202 Å². The molecule has 0 bridgehead atoms. The van der Waals surface area contributed by atoms with Crippen LogP contribution in [-0.4, -0.2) is 44.2 Å². The van der Waals surface area contributed by atoms with Crippen molar-refractivity contribution in [1.29, 1.82) is 0 Å². The standard InChI is InChI=1S/C25H26ClN3O5/c26-13-7-12-20-14-29(28-27-20)15-21(30)22-23(32-16-18-8-3-1-4-9-18)24(25(31)34-22)33-17-19-10-5-2-6-11-19/h1-6,8-11,14,21-22,30H,7,12-13,15-17H2/t21-,22+/m0/s1. The molecule has 4 rings (SSSR count). The first-order valence-electron chi connectivity index (χ1n) is 11.1. The first kappa shape index (κ1) is 23.8. The van der Waals surface area contributed by atoms with Gasteiger partial charge in [-0.25, -0.2) is 9.48 Å². The summed E-state index contributed by atoms with van der Waals surface area (Å²) in [7, 11) is 0. The Kier molecular flexibility index (Phi) is 8.17. The molecule has 2 aromatic carbocycles. The van der Waals surface area contributed by atoms with Crippen LogP contribution in [0.4, 0.5) is 0 Å². The van der Waals surface area contributed by atoms with Gasteiger partial charge in [-0.3, -0.25) is 0 Å². The summed E-state index contributed by atoms with van der Waals surface area (Å²) in [6.07, 6.45) is 1.08. The molecular weight excluding hydrogens is 458 g/mol. The molecule has 1 aliphatic heterocycles. The van der Waals surface area contributed by atoms with Crippen LogP contribution < -0.4 is 0 Å². The summed E-state index contributed by atoms with van der Waals surface area (Å²) in [6, 6.07) is 19.0. The number of rotatable bonds is 12. The van der Waals surface area contributed by atoms with E-state index in [0.29, 0.717) is 12.3 Å². The number of esters is 1. The van der Waals surface area contributed by atoms with Crippen molar-refractivity contribution in [2.45, 2.75) is 44.8 Å². The lowest BCUT2D eigenvalue weighted by atomic mass is 10.1. The number of cyclic esters (lactones) is 1. The lowest BCUT2D eigenvalue weighted by Crippen LogP contribution is -2.33. The molecule has 1 N–H and O–H groups in total. The van der Waals surface area contributed by atoms with Gasteiger partial charge in [0, 0.05) is 12.1 Å². The Hall–Kier alpha value is -3.36. The molecule has 178 valence electrons. The zero-order valence-corrected chi connectivity index (χ0v) is 19.3. The van der Waals surface area contributed by atoms with Gasteiger partial charge in [-0.2, -0.15) is 0 Å². The summed E-state index contributed by atoms with van der Waals surface area (Å²) >= 11 is 5.74. The number of ether oxygens (including phenoxy) is 3. The lowest BCUT2D eigenvalue weighted by Gasteiger charge is -2.20. The van der Waals surface area contributed by atoms with Crippen LogP contribution in [0.1, 0.15) is 23.2 Å². The number of nitrogens with zero attached hydrogens (tertiary/aromatic N) is 3. The van der Waals surface area contributed by atoms with Gasteiger partial charge in [0.2, 0.25) is 5.76 Å². The molecule has 1 aliphatic rings. The third-order valence-corrected chi connectivity index (χ3v) is 5.51. The number of benzene rings is 2. The Morgan fingerprint density at radius 2 is 1.68 bits per heavy atom. The molecule has 0 fully saturated rings. The molecule has 0 radical (unpaired) electrons. The van der Waals surface area contributed by atoms with Gasteiger partial charge in [0.15, 0.2) is 11.9 Å². The molecule has 0 spiro atoms. The second-order valence-corrected chi connectivity index (χ2v) is 8.24. The van der Waals surface area contributed by atoms with Crippen LogP contribution in [-0.2, 0) is 45.2 Å². The minimum absolute atomic E-state index is 0.0368. The number of aliphatic hydroxyl groups is 1. The van der Waals surface area contributed by atoms with Crippen LogP contribution in [0.3, 0.4) is 0 Å². The van der Waals surface area contributed by atoms with Crippen molar-refractivity contribution >= 4 is 17.6 Å². The van der Waals surface area contributed by atoms with Gasteiger partial charge < -0.3 is 19.3 Å². The molecule has 0 aliphatic carbocycles. The topological polar surface area (TPSA) is 95.7 Å². The van der Waals surface area contributed by atoms with Crippen molar-refractivity contribution in [3.63, 3.8) is 0 Å². The molecule has 0 saturated carbocycles. The monoisotopic (exact) mass is 483 g/mol. The highest BCUT2D eigenvalue weighted by molar-refractivity contribution is 6.17. The highest BCUT2D eigenvalue weighted by Crippen LogP contribution is 2.29. The van der Waals surface area contributed by atoms with E-state index in [2.05, 4.69) is 10.3 Å². The van der Waals surface area contributed by atoms with Crippen molar-refractivity contribution in [1.82, 2.24) is 15.0 Å².